The smallest absolute Gasteiger partial charge is 0.326 e. The molecule has 0 bridgehead atoms. The fraction of sp³-hybridized carbons (Fsp3) is 0.591. The normalized spacial score (nSPS) is 25.9. The van der Waals surface area contributed by atoms with E-state index in [-0.39, 0.29) is 37.0 Å². The average molecular weight is 461 g/mol. The summed E-state index contributed by atoms with van der Waals surface area (Å²) in [5, 5.41) is 14.0. The number of carbonyl (C=O) groups is 3. The van der Waals surface area contributed by atoms with E-state index in [1.165, 1.54) is 12.1 Å². The quantitative estimate of drug-likeness (QED) is 0.306. The number of nitrogens with zero attached hydrogens (tertiary/aromatic N) is 2. The van der Waals surface area contributed by atoms with Gasteiger partial charge < -0.3 is 19.5 Å². The van der Waals surface area contributed by atoms with E-state index in [4.69, 9.17) is 14.2 Å². The van der Waals surface area contributed by atoms with Crippen molar-refractivity contribution in [3.8, 4) is 5.75 Å². The molecule has 33 heavy (non-hydrogen) atoms. The van der Waals surface area contributed by atoms with Crippen LogP contribution in [0.5, 0.6) is 5.75 Å². The van der Waals surface area contributed by atoms with Gasteiger partial charge in [0.25, 0.3) is 11.6 Å². The van der Waals surface area contributed by atoms with Crippen LogP contribution < -0.4 is 10.1 Å². The van der Waals surface area contributed by atoms with Crippen molar-refractivity contribution in [1.82, 2.24) is 10.2 Å². The van der Waals surface area contributed by atoms with Crippen LogP contribution in [-0.4, -0.2) is 46.6 Å². The second-order valence-corrected chi connectivity index (χ2v) is 9.88. The van der Waals surface area contributed by atoms with Crippen molar-refractivity contribution >= 4 is 23.6 Å². The van der Waals surface area contributed by atoms with Crippen LogP contribution in [-0.2, 0) is 32.3 Å². The molecule has 1 saturated heterocycles. The number of fused-ring (bicyclic) bond motifs is 1. The molecule has 0 unspecified atom stereocenters. The number of rotatable bonds is 5. The topological polar surface area (TPSA) is 137 Å². The second-order valence-electron chi connectivity index (χ2n) is 9.88. The Morgan fingerprint density at radius 1 is 1.33 bits per heavy atom. The Morgan fingerprint density at radius 3 is 2.79 bits per heavy atom. The van der Waals surface area contributed by atoms with Gasteiger partial charge in [-0.1, -0.05) is 20.8 Å². The second kappa shape index (κ2) is 8.29. The van der Waals surface area contributed by atoms with Crippen molar-refractivity contribution in [3.63, 3.8) is 0 Å². The third-order valence-electron chi connectivity index (χ3n) is 6.28. The van der Waals surface area contributed by atoms with Gasteiger partial charge in [-0.15, -0.1) is 0 Å². The van der Waals surface area contributed by atoms with Crippen molar-refractivity contribution in [3.05, 3.63) is 33.4 Å². The minimum atomic E-state index is -1.01. The molecular formula is C22H27N3O8. The molecule has 1 aromatic carbocycles. The first-order valence-corrected chi connectivity index (χ1v) is 10.8. The molecule has 2 fully saturated rings. The van der Waals surface area contributed by atoms with Crippen molar-refractivity contribution in [2.45, 2.75) is 58.8 Å². The average Bonchev–Trinajstić information content (AvgIpc) is 2.93. The lowest BCUT2D eigenvalue weighted by Crippen LogP contribution is -2.54. The number of benzene rings is 1. The Balaban J connectivity index is 1.45. The molecular weight excluding hydrogens is 434 g/mol. The fourth-order valence-corrected chi connectivity index (χ4v) is 5.48. The van der Waals surface area contributed by atoms with Crippen LogP contribution in [0.2, 0.25) is 0 Å². The van der Waals surface area contributed by atoms with Crippen LogP contribution in [0.4, 0.5) is 10.5 Å². The number of nitrogens with one attached hydrogen (secondary N) is 1. The van der Waals surface area contributed by atoms with Crippen LogP contribution in [0.25, 0.3) is 0 Å². The summed E-state index contributed by atoms with van der Waals surface area (Å²) in [6.07, 6.45) is 1.96. The summed E-state index contributed by atoms with van der Waals surface area (Å²) in [5.74, 6) is -0.607. The first-order valence-electron chi connectivity index (χ1n) is 10.8. The Kier molecular flexibility index (Phi) is 5.77. The number of nitro benzene ring substituents is 1. The molecule has 2 atom stereocenters. The largest absolute Gasteiger partial charge is 0.467 e. The van der Waals surface area contributed by atoms with Crippen LogP contribution in [0.15, 0.2) is 12.1 Å². The van der Waals surface area contributed by atoms with E-state index in [0.29, 0.717) is 29.7 Å². The number of amides is 3. The van der Waals surface area contributed by atoms with Crippen molar-refractivity contribution in [1.29, 1.82) is 0 Å². The van der Waals surface area contributed by atoms with E-state index in [2.05, 4.69) is 19.2 Å². The Bertz CT molecular complexity index is 1020. The van der Waals surface area contributed by atoms with E-state index >= 15 is 0 Å². The number of ether oxygens (including phenoxy) is 3. The zero-order valence-electron chi connectivity index (χ0n) is 18.8. The highest BCUT2D eigenvalue weighted by atomic mass is 16.7. The van der Waals surface area contributed by atoms with Gasteiger partial charge in [0.2, 0.25) is 0 Å². The van der Waals surface area contributed by atoms with Crippen LogP contribution in [0.3, 0.4) is 0 Å². The minimum Gasteiger partial charge on any atom is -0.467 e. The standard InChI is InChI=1S/C22H27N3O8/c1-13-6-21(2,3)11-22(7-13)19(27)24(20(28)23-22)8-17(26)32-10-15-5-16(25(29)30)4-14-9-31-12-33-18(14)15/h4-5,13H,6-12H2,1-3H3,(H,23,28)/t13-,22+/m0/s1. The summed E-state index contributed by atoms with van der Waals surface area (Å²) in [5.41, 5.74) is -0.522. The van der Waals surface area contributed by atoms with E-state index in [9.17, 15) is 24.5 Å². The number of nitro groups is 1. The Labute approximate surface area is 190 Å². The summed E-state index contributed by atoms with van der Waals surface area (Å²) in [7, 11) is 0. The van der Waals surface area contributed by atoms with Crippen molar-refractivity contribution in [2.24, 2.45) is 11.3 Å². The van der Waals surface area contributed by atoms with Gasteiger partial charge >= 0.3 is 12.0 Å². The summed E-state index contributed by atoms with van der Waals surface area (Å²) >= 11 is 0. The van der Waals surface area contributed by atoms with Gasteiger partial charge in [0, 0.05) is 23.3 Å². The first-order chi connectivity index (χ1) is 15.5. The maximum atomic E-state index is 13.2. The predicted molar refractivity (Wildman–Crippen MR) is 113 cm³/mol. The molecule has 1 N–H and O–H groups in total. The van der Waals surface area contributed by atoms with Gasteiger partial charge in [-0.05, 0) is 30.6 Å². The lowest BCUT2D eigenvalue weighted by molar-refractivity contribution is -0.385. The highest BCUT2D eigenvalue weighted by Crippen LogP contribution is 2.46. The zero-order chi connectivity index (χ0) is 24.0. The van der Waals surface area contributed by atoms with Crippen LogP contribution in [0, 0.1) is 21.4 Å². The molecule has 2 heterocycles. The molecule has 0 radical (unpaired) electrons. The zero-order valence-corrected chi connectivity index (χ0v) is 18.8. The Hall–Kier alpha value is -3.21. The van der Waals surface area contributed by atoms with Crippen LogP contribution in [0.1, 0.15) is 51.2 Å². The molecule has 1 aromatic rings. The molecule has 1 saturated carbocycles. The molecule has 0 aromatic heterocycles. The highest BCUT2D eigenvalue weighted by Gasteiger charge is 2.56. The molecule has 4 rings (SSSR count). The van der Waals surface area contributed by atoms with Gasteiger partial charge in [-0.2, -0.15) is 0 Å². The van der Waals surface area contributed by atoms with Gasteiger partial charge in [-0.25, -0.2) is 4.79 Å². The van der Waals surface area contributed by atoms with E-state index in [1.807, 2.05) is 6.92 Å². The maximum Gasteiger partial charge on any atom is 0.326 e. The molecule has 3 aliphatic rings. The monoisotopic (exact) mass is 461 g/mol. The van der Waals surface area contributed by atoms with E-state index in [1.54, 1.807) is 0 Å². The number of urea groups is 1. The van der Waals surface area contributed by atoms with Crippen LogP contribution >= 0.6 is 0 Å². The summed E-state index contributed by atoms with van der Waals surface area (Å²) < 4.78 is 15.9. The molecule has 178 valence electrons. The fourth-order valence-electron chi connectivity index (χ4n) is 5.48. The minimum absolute atomic E-state index is 0.0228. The van der Waals surface area contributed by atoms with E-state index < -0.39 is 34.9 Å². The summed E-state index contributed by atoms with van der Waals surface area (Å²) in [6.45, 7) is 5.44. The lowest BCUT2D eigenvalue weighted by atomic mass is 9.64. The van der Waals surface area contributed by atoms with E-state index in [0.717, 1.165) is 11.3 Å². The number of imide groups is 1. The number of carbonyl (C=O) groups excluding carboxylic acids is 3. The predicted octanol–water partition coefficient (Wildman–Crippen LogP) is 2.64. The van der Waals surface area contributed by atoms with Gasteiger partial charge in [0.05, 0.1) is 11.5 Å². The number of esters is 1. The highest BCUT2D eigenvalue weighted by molar-refractivity contribution is 6.08. The SMILES string of the molecule is C[C@H]1CC(C)(C)C[C@@]2(C1)NC(=O)N(CC(=O)OCc1cc([N+](=O)[O-])cc3c1OCOC3)C2=O. The molecule has 11 nitrogen and oxygen atoms in total. The molecule has 3 amide bonds. The third-order valence-corrected chi connectivity index (χ3v) is 6.28. The number of hydrogen-bond donors (Lipinski definition) is 1. The molecule has 1 spiro atoms. The van der Waals surface area contributed by atoms with Gasteiger partial charge in [0.1, 0.15) is 24.4 Å². The van der Waals surface area contributed by atoms with Gasteiger partial charge in [-0.3, -0.25) is 24.6 Å². The molecule has 1 aliphatic carbocycles. The number of non-ortho nitro benzene ring substituents is 1. The molecule has 2 aliphatic heterocycles. The first kappa shape index (κ1) is 23.0. The Morgan fingerprint density at radius 2 is 2.09 bits per heavy atom. The summed E-state index contributed by atoms with van der Waals surface area (Å²) in [6, 6.07) is 2.00. The van der Waals surface area contributed by atoms with Crippen molar-refractivity contribution < 1.29 is 33.5 Å². The lowest BCUT2D eigenvalue weighted by Gasteiger charge is -2.43. The molecule has 11 heteroatoms. The third kappa shape index (κ3) is 4.50. The maximum absolute atomic E-state index is 13.2. The van der Waals surface area contributed by atoms with Crippen molar-refractivity contribution in [2.75, 3.05) is 13.3 Å². The van der Waals surface area contributed by atoms with Gasteiger partial charge in [0.15, 0.2) is 6.79 Å². The number of hydrogen-bond acceptors (Lipinski definition) is 8. The summed E-state index contributed by atoms with van der Waals surface area (Å²) in [4.78, 5) is 49.8.